The molecule has 0 spiro atoms. The molecule has 0 fully saturated rings. The maximum Gasteiger partial charge on any atom is 0.145 e. The summed E-state index contributed by atoms with van der Waals surface area (Å²) in [5, 5.41) is 3.86. The van der Waals surface area contributed by atoms with E-state index in [1.165, 1.54) is 55.7 Å². The SMILES string of the molecule is C1=CCC(c2cc(C3=CC(C4C=CC(C5=CCC6C=Cc7nc(-c8ccccc8)cc(-c8ccccc8)c7C6=C5)=CC4)=NC(c4ccccc4)N3)cc(-c3ccccc3)c2)C=C1. The average Bonchev–Trinajstić information content (AvgIpc) is 3.37. The van der Waals surface area contributed by atoms with Gasteiger partial charge in [0.15, 0.2) is 0 Å². The molecule has 5 aliphatic rings. The van der Waals surface area contributed by atoms with Crippen LogP contribution in [0.1, 0.15) is 59.3 Å². The van der Waals surface area contributed by atoms with E-state index >= 15 is 0 Å². The summed E-state index contributed by atoms with van der Waals surface area (Å²) < 4.78 is 0. The first-order chi connectivity index (χ1) is 30.7. The summed E-state index contributed by atoms with van der Waals surface area (Å²) in [6.07, 6.45) is 30.5. The van der Waals surface area contributed by atoms with Crippen LogP contribution in [0.2, 0.25) is 0 Å². The predicted octanol–water partition coefficient (Wildman–Crippen LogP) is 14.3. The van der Waals surface area contributed by atoms with Gasteiger partial charge in [0.05, 0.1) is 11.4 Å². The Bertz CT molecular complexity index is 2940. The zero-order valence-corrected chi connectivity index (χ0v) is 34.6. The normalized spacial score (nSPS) is 21.1. The van der Waals surface area contributed by atoms with Crippen molar-refractivity contribution in [3.05, 3.63) is 252 Å². The standard InChI is InChI=1S/C59H47N3/c1-6-16-40(17-7-1)49-34-50(41-18-8-2-9-19-41)36-51(35-49)57-39-56(61-59(62-57)47-24-14-5-15-25-47)46-29-26-42(27-30-46)48-31-28-44-32-33-54-58(52(44)37-48)53(43-20-10-3-11-21-43)38-55(60-54)45-22-12-4-13-23-45/h1-18,20-27,29,31-39,41,44,46,59,62H,19,28,30H2. The zero-order valence-electron chi connectivity index (χ0n) is 34.6. The Kier molecular flexibility index (Phi) is 10.1. The molecule has 62 heavy (non-hydrogen) atoms. The van der Waals surface area contributed by atoms with Gasteiger partial charge in [-0.1, -0.05) is 188 Å². The van der Waals surface area contributed by atoms with Gasteiger partial charge in [-0.15, -0.1) is 0 Å². The van der Waals surface area contributed by atoms with Crippen molar-refractivity contribution in [2.75, 3.05) is 0 Å². The van der Waals surface area contributed by atoms with Crippen molar-refractivity contribution in [3.8, 4) is 33.5 Å². The van der Waals surface area contributed by atoms with Crippen LogP contribution in [0, 0.1) is 11.8 Å². The van der Waals surface area contributed by atoms with Crippen LogP contribution in [-0.2, 0) is 0 Å². The van der Waals surface area contributed by atoms with Gasteiger partial charge in [0.1, 0.15) is 6.17 Å². The van der Waals surface area contributed by atoms with E-state index in [4.69, 9.17) is 9.98 Å². The Balaban J connectivity index is 0.927. The maximum atomic E-state index is 5.42. The van der Waals surface area contributed by atoms with Crippen LogP contribution in [0.3, 0.4) is 0 Å². The molecule has 4 aliphatic carbocycles. The van der Waals surface area contributed by atoms with Crippen molar-refractivity contribution in [1.29, 1.82) is 0 Å². The van der Waals surface area contributed by atoms with Gasteiger partial charge in [-0.25, -0.2) is 4.98 Å². The van der Waals surface area contributed by atoms with E-state index in [-0.39, 0.29) is 12.1 Å². The minimum absolute atomic E-state index is 0.151. The largest absolute Gasteiger partial charge is 0.360 e. The highest BCUT2D eigenvalue weighted by atomic mass is 15.1. The van der Waals surface area contributed by atoms with E-state index in [1.807, 2.05) is 0 Å². The first-order valence-electron chi connectivity index (χ1n) is 22.0. The average molecular weight is 798 g/mol. The van der Waals surface area contributed by atoms with Gasteiger partial charge in [0.25, 0.3) is 0 Å². The Morgan fingerprint density at radius 2 is 1.18 bits per heavy atom. The van der Waals surface area contributed by atoms with Crippen molar-refractivity contribution in [2.45, 2.75) is 31.3 Å². The summed E-state index contributed by atoms with van der Waals surface area (Å²) in [5.41, 5.74) is 19.1. The van der Waals surface area contributed by atoms with Crippen molar-refractivity contribution in [2.24, 2.45) is 16.8 Å². The molecule has 4 unspecified atom stereocenters. The third kappa shape index (κ3) is 7.52. The molecule has 4 atom stereocenters. The molecule has 0 saturated carbocycles. The van der Waals surface area contributed by atoms with Crippen LogP contribution in [0.25, 0.3) is 50.9 Å². The van der Waals surface area contributed by atoms with E-state index in [1.54, 1.807) is 0 Å². The minimum atomic E-state index is -0.191. The number of aliphatic imine (C=N–C) groups is 1. The molecule has 0 saturated heterocycles. The number of nitrogens with one attached hydrogen (secondary N) is 1. The van der Waals surface area contributed by atoms with Crippen LogP contribution in [0.5, 0.6) is 0 Å². The molecule has 5 aromatic carbocycles. The van der Waals surface area contributed by atoms with Crippen LogP contribution in [0.4, 0.5) is 0 Å². The molecule has 1 aromatic heterocycles. The lowest BCUT2D eigenvalue weighted by Gasteiger charge is -2.30. The van der Waals surface area contributed by atoms with Gasteiger partial charge in [0.2, 0.25) is 0 Å². The third-order valence-electron chi connectivity index (χ3n) is 12.9. The van der Waals surface area contributed by atoms with E-state index in [0.29, 0.717) is 11.8 Å². The molecule has 0 bridgehead atoms. The van der Waals surface area contributed by atoms with Crippen molar-refractivity contribution >= 4 is 23.1 Å². The number of hydrogen-bond acceptors (Lipinski definition) is 3. The van der Waals surface area contributed by atoms with Gasteiger partial charge in [0, 0.05) is 40.3 Å². The number of allylic oxidation sites excluding steroid dienone is 14. The molecular weight excluding hydrogens is 751 g/mol. The molecule has 3 heteroatoms. The smallest absolute Gasteiger partial charge is 0.145 e. The molecule has 298 valence electrons. The summed E-state index contributed by atoms with van der Waals surface area (Å²) in [6.45, 7) is 0. The topological polar surface area (TPSA) is 37.3 Å². The highest BCUT2D eigenvalue weighted by Crippen LogP contribution is 2.46. The van der Waals surface area contributed by atoms with Crippen LogP contribution >= 0.6 is 0 Å². The molecule has 11 rings (SSSR count). The second kappa shape index (κ2) is 16.6. The molecule has 1 N–H and O–H groups in total. The summed E-state index contributed by atoms with van der Waals surface area (Å²) in [6, 6.07) is 52.1. The monoisotopic (exact) mass is 797 g/mol. The van der Waals surface area contributed by atoms with Crippen molar-refractivity contribution in [1.82, 2.24) is 10.3 Å². The fraction of sp³-hybridized carbons (Fsp3) is 0.119. The molecule has 1 aliphatic heterocycles. The number of rotatable bonds is 8. The van der Waals surface area contributed by atoms with E-state index in [2.05, 4.69) is 224 Å². The highest BCUT2D eigenvalue weighted by Gasteiger charge is 2.29. The Morgan fingerprint density at radius 3 is 1.90 bits per heavy atom. The summed E-state index contributed by atoms with van der Waals surface area (Å²) in [5.74, 6) is 0.798. The first-order valence-corrected chi connectivity index (χ1v) is 22.0. The van der Waals surface area contributed by atoms with Gasteiger partial charge in [-0.3, -0.25) is 4.99 Å². The lowest BCUT2D eigenvalue weighted by atomic mass is 9.76. The molecule has 0 amide bonds. The number of hydrogen-bond donors (Lipinski definition) is 1. The number of pyridine rings is 1. The molecule has 3 nitrogen and oxygen atoms in total. The third-order valence-corrected chi connectivity index (χ3v) is 12.9. The number of nitrogens with zero attached hydrogens (tertiary/aromatic N) is 2. The highest BCUT2D eigenvalue weighted by molar-refractivity contribution is 6.05. The fourth-order valence-corrected chi connectivity index (χ4v) is 9.57. The van der Waals surface area contributed by atoms with Gasteiger partial charge in [-0.05, 0) is 105 Å². The second-order valence-electron chi connectivity index (χ2n) is 16.8. The van der Waals surface area contributed by atoms with E-state index in [0.717, 1.165) is 53.2 Å². The maximum absolute atomic E-state index is 5.42. The number of fused-ring (bicyclic) bond motifs is 3. The summed E-state index contributed by atoms with van der Waals surface area (Å²) >= 11 is 0. The quantitative estimate of drug-likeness (QED) is 0.167. The van der Waals surface area contributed by atoms with Crippen LogP contribution in [-0.4, -0.2) is 10.7 Å². The Labute approximate surface area is 365 Å². The summed E-state index contributed by atoms with van der Waals surface area (Å²) in [4.78, 5) is 10.7. The molecular formula is C59H47N3. The Morgan fingerprint density at radius 1 is 0.500 bits per heavy atom. The Hall–Kier alpha value is -7.36. The molecule has 2 heterocycles. The first kappa shape index (κ1) is 37.6. The van der Waals surface area contributed by atoms with Crippen molar-refractivity contribution in [3.63, 3.8) is 0 Å². The van der Waals surface area contributed by atoms with Gasteiger partial charge >= 0.3 is 0 Å². The number of benzene rings is 5. The van der Waals surface area contributed by atoms with E-state index in [9.17, 15) is 0 Å². The van der Waals surface area contributed by atoms with Crippen LogP contribution in [0.15, 0.2) is 229 Å². The minimum Gasteiger partial charge on any atom is -0.360 e. The number of aromatic nitrogens is 1. The lowest BCUT2D eigenvalue weighted by molar-refractivity contribution is 0.652. The van der Waals surface area contributed by atoms with E-state index < -0.39 is 0 Å². The van der Waals surface area contributed by atoms with Gasteiger partial charge in [-0.2, -0.15) is 0 Å². The lowest BCUT2D eigenvalue weighted by Crippen LogP contribution is -2.27. The summed E-state index contributed by atoms with van der Waals surface area (Å²) in [7, 11) is 0. The zero-order chi connectivity index (χ0) is 41.2. The van der Waals surface area contributed by atoms with Crippen LogP contribution < -0.4 is 5.32 Å². The van der Waals surface area contributed by atoms with Gasteiger partial charge < -0.3 is 5.32 Å². The fourth-order valence-electron chi connectivity index (χ4n) is 9.57. The van der Waals surface area contributed by atoms with Crippen molar-refractivity contribution < 1.29 is 0 Å². The molecule has 6 aromatic rings. The molecule has 0 radical (unpaired) electrons. The second-order valence-corrected chi connectivity index (χ2v) is 16.8. The predicted molar refractivity (Wildman–Crippen MR) is 259 cm³/mol.